The van der Waals surface area contributed by atoms with Crippen LogP contribution in [0, 0.1) is 0 Å². The maximum atomic E-state index is 5.30. The summed E-state index contributed by atoms with van der Waals surface area (Å²) < 4.78 is 10.6. The fourth-order valence-corrected chi connectivity index (χ4v) is 2.27. The van der Waals surface area contributed by atoms with E-state index in [0.29, 0.717) is 25.5 Å². The van der Waals surface area contributed by atoms with Crippen LogP contribution in [-0.4, -0.2) is 54.4 Å². The van der Waals surface area contributed by atoms with Gasteiger partial charge in [0.2, 0.25) is 5.89 Å². The van der Waals surface area contributed by atoms with E-state index in [1.165, 1.54) is 0 Å². The summed E-state index contributed by atoms with van der Waals surface area (Å²) in [5.41, 5.74) is -0.185. The van der Waals surface area contributed by atoms with Gasteiger partial charge in [-0.1, -0.05) is 5.16 Å². The molecule has 0 amide bonds. The van der Waals surface area contributed by atoms with Crippen LogP contribution in [0.25, 0.3) is 0 Å². The number of nitrogens with zero attached hydrogens (tertiary/aromatic N) is 3. The second-order valence-electron chi connectivity index (χ2n) is 5.25. The Labute approximate surface area is 114 Å². The molecule has 1 aromatic heterocycles. The van der Waals surface area contributed by atoms with Gasteiger partial charge in [0.05, 0.1) is 18.6 Å². The minimum Gasteiger partial charge on any atom is -0.381 e. The fraction of sp³-hybridized carbons (Fsp3) is 0.846. The largest absolute Gasteiger partial charge is 0.381 e. The molecule has 0 aromatic carbocycles. The lowest BCUT2D eigenvalue weighted by Gasteiger charge is -2.38. The molecule has 0 bridgehead atoms. The lowest BCUT2D eigenvalue weighted by molar-refractivity contribution is 0.0924. The number of piperazine rings is 1. The van der Waals surface area contributed by atoms with Crippen molar-refractivity contribution in [3.8, 4) is 0 Å². The Morgan fingerprint density at radius 2 is 2.11 bits per heavy atom. The molecule has 6 heteroatoms. The van der Waals surface area contributed by atoms with Gasteiger partial charge in [0.15, 0.2) is 5.82 Å². The van der Waals surface area contributed by atoms with E-state index in [0.717, 1.165) is 32.0 Å². The second-order valence-corrected chi connectivity index (χ2v) is 5.25. The third kappa shape index (κ3) is 3.52. The molecule has 1 N–H and O–H groups in total. The molecule has 108 valence electrons. The highest BCUT2D eigenvalue weighted by Gasteiger charge is 2.34. The Kier molecular flexibility index (Phi) is 4.90. The zero-order valence-corrected chi connectivity index (χ0v) is 12.1. The molecule has 1 saturated heterocycles. The van der Waals surface area contributed by atoms with Crippen molar-refractivity contribution in [2.45, 2.75) is 32.7 Å². The molecule has 0 radical (unpaired) electrons. The van der Waals surface area contributed by atoms with Gasteiger partial charge in [0.1, 0.15) is 0 Å². The number of ether oxygens (including phenoxy) is 1. The number of rotatable bonds is 6. The van der Waals surface area contributed by atoms with Crippen LogP contribution < -0.4 is 5.32 Å². The van der Waals surface area contributed by atoms with Crippen LogP contribution in [0.15, 0.2) is 4.52 Å². The summed E-state index contributed by atoms with van der Waals surface area (Å²) in [6, 6.07) is 0. The maximum Gasteiger partial charge on any atom is 0.229 e. The molecule has 1 fully saturated rings. The molecule has 0 atom stereocenters. The first-order valence-electron chi connectivity index (χ1n) is 7.01. The van der Waals surface area contributed by atoms with Crippen molar-refractivity contribution in [3.05, 3.63) is 11.7 Å². The van der Waals surface area contributed by atoms with Gasteiger partial charge in [0.25, 0.3) is 0 Å². The molecule has 0 aliphatic carbocycles. The van der Waals surface area contributed by atoms with E-state index in [1.54, 1.807) is 0 Å². The van der Waals surface area contributed by atoms with Crippen LogP contribution in [0.5, 0.6) is 0 Å². The molecule has 19 heavy (non-hydrogen) atoms. The third-order valence-electron chi connectivity index (χ3n) is 3.59. The van der Waals surface area contributed by atoms with Gasteiger partial charge in [-0.15, -0.1) is 0 Å². The van der Waals surface area contributed by atoms with E-state index >= 15 is 0 Å². The predicted molar refractivity (Wildman–Crippen MR) is 72.0 cm³/mol. The summed E-state index contributed by atoms with van der Waals surface area (Å²) >= 11 is 0. The van der Waals surface area contributed by atoms with Gasteiger partial charge < -0.3 is 14.6 Å². The summed E-state index contributed by atoms with van der Waals surface area (Å²) in [5, 5.41) is 7.49. The van der Waals surface area contributed by atoms with Crippen LogP contribution in [0.4, 0.5) is 0 Å². The van der Waals surface area contributed by atoms with Gasteiger partial charge in [-0.3, -0.25) is 4.90 Å². The van der Waals surface area contributed by atoms with E-state index in [2.05, 4.69) is 34.2 Å². The van der Waals surface area contributed by atoms with E-state index in [1.807, 2.05) is 6.92 Å². The zero-order valence-electron chi connectivity index (χ0n) is 12.1. The van der Waals surface area contributed by atoms with Crippen molar-refractivity contribution in [2.75, 3.05) is 39.4 Å². The number of aromatic nitrogens is 2. The smallest absolute Gasteiger partial charge is 0.229 e. The van der Waals surface area contributed by atoms with Crippen molar-refractivity contribution in [3.63, 3.8) is 0 Å². The minimum absolute atomic E-state index is 0.185. The summed E-state index contributed by atoms with van der Waals surface area (Å²) in [4.78, 5) is 6.90. The first-order chi connectivity index (χ1) is 9.14. The van der Waals surface area contributed by atoms with E-state index in [9.17, 15) is 0 Å². The lowest BCUT2D eigenvalue weighted by Crippen LogP contribution is -2.52. The minimum atomic E-state index is -0.185. The van der Waals surface area contributed by atoms with Crippen LogP contribution in [0.2, 0.25) is 0 Å². The molecule has 2 rings (SSSR count). The lowest BCUT2D eigenvalue weighted by atomic mass is 10.0. The summed E-state index contributed by atoms with van der Waals surface area (Å²) in [7, 11) is 0. The van der Waals surface area contributed by atoms with Crippen molar-refractivity contribution < 1.29 is 9.26 Å². The topological polar surface area (TPSA) is 63.4 Å². The van der Waals surface area contributed by atoms with Gasteiger partial charge in [-0.05, 0) is 20.8 Å². The van der Waals surface area contributed by atoms with Gasteiger partial charge >= 0.3 is 0 Å². The average Bonchev–Trinajstić information content (AvgIpc) is 2.90. The Morgan fingerprint density at radius 1 is 1.37 bits per heavy atom. The van der Waals surface area contributed by atoms with E-state index < -0.39 is 0 Å². The van der Waals surface area contributed by atoms with Gasteiger partial charge in [-0.2, -0.15) is 4.98 Å². The van der Waals surface area contributed by atoms with Crippen LogP contribution in [-0.2, 0) is 16.7 Å². The van der Waals surface area contributed by atoms with Crippen molar-refractivity contribution in [1.29, 1.82) is 0 Å². The highest BCUT2D eigenvalue weighted by molar-refractivity contribution is 5.03. The molecule has 1 aliphatic heterocycles. The highest BCUT2D eigenvalue weighted by atomic mass is 16.5. The van der Waals surface area contributed by atoms with Gasteiger partial charge in [0, 0.05) is 32.8 Å². The number of hydrogen-bond donors (Lipinski definition) is 1. The molecule has 0 spiro atoms. The summed E-state index contributed by atoms with van der Waals surface area (Å²) in [5.74, 6) is 1.42. The van der Waals surface area contributed by atoms with Crippen LogP contribution >= 0.6 is 0 Å². The molecule has 6 nitrogen and oxygen atoms in total. The summed E-state index contributed by atoms with van der Waals surface area (Å²) in [6.45, 7) is 11.7. The quantitative estimate of drug-likeness (QED) is 0.770. The summed E-state index contributed by atoms with van der Waals surface area (Å²) in [6.07, 6.45) is 0.679. The molecular weight excluding hydrogens is 244 g/mol. The fourth-order valence-electron chi connectivity index (χ4n) is 2.27. The monoisotopic (exact) mass is 268 g/mol. The Morgan fingerprint density at radius 3 is 2.79 bits per heavy atom. The molecule has 0 unspecified atom stereocenters. The standard InChI is InChI=1S/C13H24N4O2/c1-4-18-10-5-11-15-12(16-19-11)13(2,3)17-8-6-14-7-9-17/h14H,4-10H2,1-3H3. The van der Waals surface area contributed by atoms with Crippen molar-refractivity contribution in [2.24, 2.45) is 0 Å². The first kappa shape index (κ1) is 14.4. The average molecular weight is 268 g/mol. The zero-order chi connectivity index (χ0) is 13.7. The van der Waals surface area contributed by atoms with Crippen LogP contribution in [0.3, 0.4) is 0 Å². The van der Waals surface area contributed by atoms with E-state index in [-0.39, 0.29) is 5.54 Å². The SMILES string of the molecule is CCOCCc1nc(C(C)(C)N2CCNCC2)no1. The van der Waals surface area contributed by atoms with Crippen LogP contribution in [0.1, 0.15) is 32.5 Å². The van der Waals surface area contributed by atoms with E-state index in [4.69, 9.17) is 9.26 Å². The predicted octanol–water partition coefficient (Wildman–Crippen LogP) is 0.789. The van der Waals surface area contributed by atoms with Crippen molar-refractivity contribution >= 4 is 0 Å². The number of hydrogen-bond acceptors (Lipinski definition) is 6. The highest BCUT2D eigenvalue weighted by Crippen LogP contribution is 2.25. The number of nitrogens with one attached hydrogen (secondary N) is 1. The third-order valence-corrected chi connectivity index (χ3v) is 3.59. The Bertz CT molecular complexity index is 386. The Hall–Kier alpha value is -0.980. The second kappa shape index (κ2) is 6.45. The molecular formula is C13H24N4O2. The molecule has 1 aliphatic rings. The molecule has 1 aromatic rings. The molecule has 2 heterocycles. The van der Waals surface area contributed by atoms with Crippen molar-refractivity contribution in [1.82, 2.24) is 20.4 Å². The maximum absolute atomic E-state index is 5.30. The normalized spacial score (nSPS) is 17.8. The van der Waals surface area contributed by atoms with Gasteiger partial charge in [-0.25, -0.2) is 0 Å². The Balaban J connectivity index is 1.99. The first-order valence-corrected chi connectivity index (χ1v) is 7.01. The molecule has 0 saturated carbocycles.